The van der Waals surface area contributed by atoms with Gasteiger partial charge >= 0.3 is 12.3 Å². The molecule has 3 atom stereocenters. The maximum Gasteiger partial charge on any atom is 0.416 e. The van der Waals surface area contributed by atoms with Crippen LogP contribution in [0.3, 0.4) is 0 Å². The van der Waals surface area contributed by atoms with Gasteiger partial charge in [0.05, 0.1) is 22.5 Å². The van der Waals surface area contributed by atoms with E-state index in [1.165, 1.54) is 17.0 Å². The Bertz CT molecular complexity index is 1390. The van der Waals surface area contributed by atoms with Gasteiger partial charge in [-0.15, -0.1) is 0 Å². The number of carbonyl (C=O) groups excluding carboxylic acids is 2. The Morgan fingerprint density at radius 1 is 1.07 bits per heavy atom. The Morgan fingerprint density at radius 2 is 1.88 bits per heavy atom. The lowest BCUT2D eigenvalue weighted by molar-refractivity contribution is -0.138. The SMILES string of the molecule is COCCCn1c([C@@H]2CCCN(C(=O)C3CN(C(=O)Oc4cccc(C(F)(F)F)c4)CC3N)C2)nc2ccccc21. The van der Waals surface area contributed by atoms with Crippen LogP contribution < -0.4 is 10.5 Å². The average Bonchev–Trinajstić information content (AvgIpc) is 3.53. The zero-order chi connectivity index (χ0) is 29.1. The van der Waals surface area contributed by atoms with Crippen LogP contribution in [0.15, 0.2) is 48.5 Å². The summed E-state index contributed by atoms with van der Waals surface area (Å²) in [6, 6.07) is 11.5. The van der Waals surface area contributed by atoms with Crippen molar-refractivity contribution in [2.45, 2.75) is 43.9 Å². The Hall–Kier alpha value is -3.64. The topological polar surface area (TPSA) is 103 Å². The lowest BCUT2D eigenvalue weighted by Gasteiger charge is -2.34. The summed E-state index contributed by atoms with van der Waals surface area (Å²) in [6.45, 7) is 2.56. The van der Waals surface area contributed by atoms with Gasteiger partial charge in [-0.3, -0.25) is 4.79 Å². The molecule has 3 heterocycles. The number of benzene rings is 2. The van der Waals surface area contributed by atoms with Gasteiger partial charge in [-0.1, -0.05) is 18.2 Å². The van der Waals surface area contributed by atoms with Crippen LogP contribution in [0, 0.1) is 5.92 Å². The molecule has 0 saturated carbocycles. The van der Waals surface area contributed by atoms with Crippen LogP contribution >= 0.6 is 0 Å². The second-order valence-corrected chi connectivity index (χ2v) is 10.6. The van der Waals surface area contributed by atoms with Crippen molar-refractivity contribution in [2.24, 2.45) is 11.7 Å². The molecular formula is C29H34F3N5O4. The summed E-state index contributed by atoms with van der Waals surface area (Å²) in [5.74, 6) is -0.00793. The van der Waals surface area contributed by atoms with Gasteiger partial charge in [0.2, 0.25) is 5.91 Å². The molecule has 2 aliphatic rings. The van der Waals surface area contributed by atoms with Crippen LogP contribution in [0.1, 0.15) is 36.6 Å². The molecule has 220 valence electrons. The average molecular weight is 574 g/mol. The molecule has 2 unspecified atom stereocenters. The van der Waals surface area contributed by atoms with E-state index in [0.717, 1.165) is 54.8 Å². The van der Waals surface area contributed by atoms with E-state index in [4.69, 9.17) is 20.2 Å². The lowest BCUT2D eigenvalue weighted by Crippen LogP contribution is -2.47. The first kappa shape index (κ1) is 28.9. The molecule has 0 radical (unpaired) electrons. The van der Waals surface area contributed by atoms with E-state index in [0.29, 0.717) is 19.7 Å². The number of hydrogen-bond donors (Lipinski definition) is 1. The lowest BCUT2D eigenvalue weighted by atomic mass is 9.94. The van der Waals surface area contributed by atoms with Crippen molar-refractivity contribution >= 4 is 23.0 Å². The predicted molar refractivity (Wildman–Crippen MR) is 145 cm³/mol. The third-order valence-corrected chi connectivity index (χ3v) is 7.82. The number of halogens is 3. The van der Waals surface area contributed by atoms with Gasteiger partial charge in [0.25, 0.3) is 0 Å². The Kier molecular flexibility index (Phi) is 8.50. The molecule has 9 nitrogen and oxygen atoms in total. The number of aromatic nitrogens is 2. The van der Waals surface area contributed by atoms with Crippen LogP contribution in [0.4, 0.5) is 18.0 Å². The van der Waals surface area contributed by atoms with Gasteiger partial charge in [0.1, 0.15) is 11.6 Å². The van der Waals surface area contributed by atoms with E-state index in [-0.39, 0.29) is 30.7 Å². The van der Waals surface area contributed by atoms with Crippen molar-refractivity contribution in [3.8, 4) is 5.75 Å². The van der Waals surface area contributed by atoms with Crippen LogP contribution in [0.2, 0.25) is 0 Å². The number of aryl methyl sites for hydroxylation is 1. The highest BCUT2D eigenvalue weighted by atomic mass is 19.4. The highest BCUT2D eigenvalue weighted by Crippen LogP contribution is 2.33. The zero-order valence-electron chi connectivity index (χ0n) is 22.8. The Balaban J connectivity index is 1.26. The van der Waals surface area contributed by atoms with Crippen molar-refractivity contribution in [3.05, 3.63) is 59.9 Å². The molecule has 5 rings (SSSR count). The molecule has 0 bridgehead atoms. The number of piperidine rings is 1. The molecule has 2 fully saturated rings. The second-order valence-electron chi connectivity index (χ2n) is 10.6. The van der Waals surface area contributed by atoms with Gasteiger partial charge in [-0.25, -0.2) is 9.78 Å². The van der Waals surface area contributed by atoms with E-state index in [2.05, 4.69) is 10.6 Å². The molecule has 2 amide bonds. The summed E-state index contributed by atoms with van der Waals surface area (Å²) in [5, 5.41) is 0. The van der Waals surface area contributed by atoms with E-state index >= 15 is 0 Å². The number of methoxy groups -OCH3 is 1. The minimum absolute atomic E-state index is 0.0362. The monoisotopic (exact) mass is 573 g/mol. The summed E-state index contributed by atoms with van der Waals surface area (Å²) in [5.41, 5.74) is 7.35. The van der Waals surface area contributed by atoms with E-state index in [9.17, 15) is 22.8 Å². The highest BCUT2D eigenvalue weighted by Gasteiger charge is 2.42. The van der Waals surface area contributed by atoms with Crippen LogP contribution in [0.25, 0.3) is 11.0 Å². The van der Waals surface area contributed by atoms with Crippen LogP contribution in [-0.2, 0) is 22.3 Å². The van der Waals surface area contributed by atoms with Crippen molar-refractivity contribution in [3.63, 3.8) is 0 Å². The number of carbonyl (C=O) groups is 2. The fourth-order valence-corrected chi connectivity index (χ4v) is 5.77. The van der Waals surface area contributed by atoms with Crippen LogP contribution in [-0.4, -0.2) is 77.3 Å². The van der Waals surface area contributed by atoms with Gasteiger partial charge in [-0.2, -0.15) is 13.2 Å². The number of likely N-dealkylation sites (tertiary alicyclic amines) is 2. The third-order valence-electron chi connectivity index (χ3n) is 7.82. The predicted octanol–water partition coefficient (Wildman–Crippen LogP) is 4.26. The number of ether oxygens (including phenoxy) is 2. The van der Waals surface area contributed by atoms with E-state index in [1.807, 2.05) is 18.2 Å². The maximum atomic E-state index is 13.6. The van der Waals surface area contributed by atoms with E-state index in [1.54, 1.807) is 12.0 Å². The normalized spacial score (nSPS) is 21.4. The van der Waals surface area contributed by atoms with Gasteiger partial charge in [-0.05, 0) is 49.6 Å². The number of nitrogens with zero attached hydrogens (tertiary/aromatic N) is 4. The number of amides is 2. The summed E-state index contributed by atoms with van der Waals surface area (Å²) >= 11 is 0. The number of nitrogens with two attached hydrogens (primary N) is 1. The first-order valence-corrected chi connectivity index (χ1v) is 13.8. The molecule has 1 aromatic heterocycles. The smallest absolute Gasteiger partial charge is 0.410 e. The molecule has 41 heavy (non-hydrogen) atoms. The first-order chi connectivity index (χ1) is 19.7. The Morgan fingerprint density at radius 3 is 2.66 bits per heavy atom. The van der Waals surface area contributed by atoms with E-state index < -0.39 is 29.8 Å². The highest BCUT2D eigenvalue weighted by molar-refractivity contribution is 5.82. The fraction of sp³-hybridized carbons (Fsp3) is 0.483. The van der Waals surface area contributed by atoms with Gasteiger partial charge < -0.3 is 29.6 Å². The quantitative estimate of drug-likeness (QED) is 0.424. The van der Waals surface area contributed by atoms with Crippen molar-refractivity contribution in [1.29, 1.82) is 0 Å². The van der Waals surface area contributed by atoms with Crippen LogP contribution in [0.5, 0.6) is 5.75 Å². The minimum atomic E-state index is -4.56. The van der Waals surface area contributed by atoms with Gasteiger partial charge in [0.15, 0.2) is 0 Å². The molecule has 0 aliphatic carbocycles. The number of imidazole rings is 1. The molecular weight excluding hydrogens is 539 g/mol. The number of para-hydroxylation sites is 2. The molecule has 3 aromatic rings. The molecule has 2 aliphatic heterocycles. The summed E-state index contributed by atoms with van der Waals surface area (Å²) < 4.78 is 51.8. The number of fused-ring (bicyclic) bond motifs is 1. The maximum absolute atomic E-state index is 13.6. The molecule has 0 spiro atoms. The third kappa shape index (κ3) is 6.33. The summed E-state index contributed by atoms with van der Waals surface area (Å²) in [7, 11) is 1.68. The fourth-order valence-electron chi connectivity index (χ4n) is 5.77. The van der Waals surface area contributed by atoms with Gasteiger partial charge in [0, 0.05) is 58.4 Å². The zero-order valence-corrected chi connectivity index (χ0v) is 22.8. The number of alkyl halides is 3. The molecule has 2 saturated heterocycles. The summed E-state index contributed by atoms with van der Waals surface area (Å²) in [6.07, 6.45) is -2.86. The van der Waals surface area contributed by atoms with Crippen molar-refractivity contribution in [2.75, 3.05) is 39.9 Å². The molecule has 2 aromatic carbocycles. The molecule has 2 N–H and O–H groups in total. The molecule has 12 heteroatoms. The minimum Gasteiger partial charge on any atom is -0.410 e. The van der Waals surface area contributed by atoms with Crippen molar-refractivity contribution < 1.29 is 32.2 Å². The summed E-state index contributed by atoms with van der Waals surface area (Å²) in [4.78, 5) is 34.4. The number of hydrogen-bond acceptors (Lipinski definition) is 6. The number of rotatable bonds is 7. The largest absolute Gasteiger partial charge is 0.416 e. The second kappa shape index (κ2) is 12.1. The standard InChI is InChI=1S/C29H34F3N5O4/c1-40-14-6-13-37-25-11-3-2-10-24(25)34-26(37)19-7-5-12-35(16-19)27(38)22-17-36(18-23(22)33)28(39)41-21-9-4-8-20(15-21)29(30,31)32/h2-4,8-11,15,19,22-23H,5-7,12-14,16-18,33H2,1H3/t19-,22?,23?/m1/s1. The first-order valence-electron chi connectivity index (χ1n) is 13.8. The Labute approximate surface area is 236 Å². The van der Waals surface area contributed by atoms with Crippen molar-refractivity contribution in [1.82, 2.24) is 19.4 Å².